The second-order valence-electron chi connectivity index (χ2n) is 2.83. The molecule has 6 heteroatoms. The fourth-order valence-electron chi connectivity index (χ4n) is 0.941. The lowest BCUT2D eigenvalue weighted by Crippen LogP contribution is -2.34. The van der Waals surface area contributed by atoms with Gasteiger partial charge in [0.25, 0.3) is 11.5 Å². The Morgan fingerprint density at radius 1 is 1.44 bits per heavy atom. The Kier molecular flexibility index (Phi) is 3.71. The Hall–Kier alpha value is -2.24. The van der Waals surface area contributed by atoms with Crippen molar-refractivity contribution < 1.29 is 9.18 Å². The number of H-pyrrole nitrogens is 1. The van der Waals surface area contributed by atoms with E-state index in [1.54, 1.807) is 24.1 Å². The highest BCUT2D eigenvalue weighted by atomic mass is 19.1. The summed E-state index contributed by atoms with van der Waals surface area (Å²) in [6.45, 7) is 1.75. The predicted molar refractivity (Wildman–Crippen MR) is 55.9 cm³/mol. The highest BCUT2D eigenvalue weighted by molar-refractivity contribution is 5.89. The number of rotatable bonds is 2. The minimum atomic E-state index is -1.19. The largest absolute Gasteiger partial charge is 0.335 e. The molecule has 1 aromatic rings. The van der Waals surface area contributed by atoms with Gasteiger partial charge in [0.1, 0.15) is 0 Å². The van der Waals surface area contributed by atoms with Crippen LogP contribution in [0.2, 0.25) is 0 Å². The minimum Gasteiger partial charge on any atom is -0.271 e. The number of hydrogen-bond acceptors (Lipinski definition) is 3. The average molecular weight is 224 g/mol. The topological polar surface area (TPSA) is 71.9 Å². The Balaban J connectivity index is 3.15. The van der Waals surface area contributed by atoms with E-state index in [4.69, 9.17) is 0 Å². The summed E-state index contributed by atoms with van der Waals surface area (Å²) < 4.78 is 13.3. The van der Waals surface area contributed by atoms with Gasteiger partial charge in [0.2, 0.25) is 5.82 Å². The number of nitrogens with zero attached hydrogens (tertiary/aromatic N) is 1. The van der Waals surface area contributed by atoms with Crippen LogP contribution in [0.25, 0.3) is 0 Å². The molecule has 1 aromatic heterocycles. The van der Waals surface area contributed by atoms with E-state index in [1.807, 2.05) is 0 Å². The molecule has 0 unspecified atom stereocenters. The zero-order valence-electron chi connectivity index (χ0n) is 8.44. The second-order valence-corrected chi connectivity index (χ2v) is 2.83. The highest BCUT2D eigenvalue weighted by Gasteiger charge is 2.07. The van der Waals surface area contributed by atoms with Crippen LogP contribution in [0.4, 0.5) is 4.39 Å². The van der Waals surface area contributed by atoms with Crippen LogP contribution in [-0.2, 0) is 0 Å². The summed E-state index contributed by atoms with van der Waals surface area (Å²) in [5.41, 5.74) is -2.12. The Morgan fingerprint density at radius 2 is 2.12 bits per heavy atom. The SMILES string of the molecule is C/C=C/C=C/C(=O)n1cc(F)c(=O)[nH]c1=O. The first kappa shape index (κ1) is 11.8. The lowest BCUT2D eigenvalue weighted by atomic mass is 10.4. The van der Waals surface area contributed by atoms with Crippen molar-refractivity contribution in [1.82, 2.24) is 9.55 Å². The van der Waals surface area contributed by atoms with Gasteiger partial charge >= 0.3 is 5.69 Å². The van der Waals surface area contributed by atoms with Crippen LogP contribution in [0.5, 0.6) is 0 Å². The Labute approximate surface area is 89.5 Å². The molecule has 0 spiro atoms. The van der Waals surface area contributed by atoms with Crippen LogP contribution in [0.15, 0.2) is 40.1 Å². The maximum atomic E-state index is 12.8. The standard InChI is InChI=1S/C10H9FN2O3/c1-2-3-4-5-8(14)13-6-7(11)9(15)12-10(13)16/h2-6H,1H3,(H,12,15,16)/b3-2+,5-4+. The number of carbonyl (C=O) groups excluding carboxylic acids is 1. The number of carbonyl (C=O) groups is 1. The van der Waals surface area contributed by atoms with Crippen molar-refractivity contribution >= 4 is 5.91 Å². The second kappa shape index (κ2) is 5.01. The molecule has 1 heterocycles. The Bertz CT molecular complexity index is 566. The number of allylic oxidation sites excluding steroid dienone is 4. The zero-order chi connectivity index (χ0) is 12.1. The number of aromatic amines is 1. The lowest BCUT2D eigenvalue weighted by Gasteiger charge is -1.98. The van der Waals surface area contributed by atoms with E-state index in [0.29, 0.717) is 10.8 Å². The maximum absolute atomic E-state index is 12.8. The molecule has 0 aliphatic carbocycles. The molecule has 0 bridgehead atoms. The number of halogens is 1. The van der Waals surface area contributed by atoms with Crippen molar-refractivity contribution in [3.63, 3.8) is 0 Å². The first-order valence-corrected chi connectivity index (χ1v) is 4.41. The number of aromatic nitrogens is 2. The van der Waals surface area contributed by atoms with Crippen LogP contribution in [0.1, 0.15) is 11.7 Å². The lowest BCUT2D eigenvalue weighted by molar-refractivity contribution is 0.0961. The molecule has 0 fully saturated rings. The smallest absolute Gasteiger partial charge is 0.271 e. The molecule has 0 saturated heterocycles. The van der Waals surface area contributed by atoms with Crippen LogP contribution < -0.4 is 11.2 Å². The Morgan fingerprint density at radius 3 is 2.75 bits per heavy atom. The van der Waals surface area contributed by atoms with E-state index in [9.17, 15) is 18.8 Å². The third-order valence-electron chi connectivity index (χ3n) is 1.68. The van der Waals surface area contributed by atoms with Gasteiger partial charge in [-0.05, 0) is 6.92 Å². The molecule has 0 aromatic carbocycles. The first-order valence-electron chi connectivity index (χ1n) is 4.41. The normalized spacial score (nSPS) is 11.4. The van der Waals surface area contributed by atoms with E-state index in [0.717, 1.165) is 6.08 Å². The first-order chi connectivity index (χ1) is 7.56. The van der Waals surface area contributed by atoms with Crippen LogP contribution >= 0.6 is 0 Å². The minimum absolute atomic E-state index is 0.483. The van der Waals surface area contributed by atoms with Gasteiger partial charge in [-0.25, -0.2) is 9.36 Å². The zero-order valence-corrected chi connectivity index (χ0v) is 8.44. The van der Waals surface area contributed by atoms with Crippen molar-refractivity contribution in [3.8, 4) is 0 Å². The fraction of sp³-hybridized carbons (Fsp3) is 0.100. The number of nitrogens with one attached hydrogen (secondary N) is 1. The van der Waals surface area contributed by atoms with Gasteiger partial charge in [-0.15, -0.1) is 0 Å². The van der Waals surface area contributed by atoms with Gasteiger partial charge < -0.3 is 0 Å². The van der Waals surface area contributed by atoms with Crippen molar-refractivity contribution in [1.29, 1.82) is 0 Å². The molecule has 16 heavy (non-hydrogen) atoms. The summed E-state index contributed by atoms with van der Waals surface area (Å²) in [5.74, 6) is -1.93. The molecule has 5 nitrogen and oxygen atoms in total. The van der Waals surface area contributed by atoms with Crippen molar-refractivity contribution in [2.75, 3.05) is 0 Å². The molecular formula is C10H9FN2O3. The monoisotopic (exact) mass is 224 g/mol. The average Bonchev–Trinajstić information content (AvgIpc) is 2.23. The molecular weight excluding hydrogens is 215 g/mol. The van der Waals surface area contributed by atoms with E-state index < -0.39 is 23.0 Å². The van der Waals surface area contributed by atoms with Gasteiger partial charge in [0.15, 0.2) is 0 Å². The molecule has 0 saturated carbocycles. The molecule has 0 radical (unpaired) electrons. The molecule has 0 atom stereocenters. The summed E-state index contributed by atoms with van der Waals surface area (Å²) >= 11 is 0. The third-order valence-corrected chi connectivity index (χ3v) is 1.68. The van der Waals surface area contributed by atoms with E-state index in [2.05, 4.69) is 0 Å². The molecule has 0 amide bonds. The van der Waals surface area contributed by atoms with Gasteiger partial charge in [0.05, 0.1) is 6.20 Å². The molecule has 0 aliphatic heterocycles. The van der Waals surface area contributed by atoms with Gasteiger partial charge in [-0.2, -0.15) is 4.39 Å². The van der Waals surface area contributed by atoms with Crippen molar-refractivity contribution in [2.45, 2.75) is 6.92 Å². The molecule has 1 N–H and O–H groups in total. The summed E-state index contributed by atoms with van der Waals surface area (Å²) in [6.07, 6.45) is 6.30. The molecule has 84 valence electrons. The van der Waals surface area contributed by atoms with E-state index >= 15 is 0 Å². The van der Waals surface area contributed by atoms with Crippen LogP contribution in [0, 0.1) is 5.82 Å². The van der Waals surface area contributed by atoms with Crippen LogP contribution in [0.3, 0.4) is 0 Å². The molecule has 0 aliphatic rings. The van der Waals surface area contributed by atoms with Crippen molar-refractivity contribution in [3.05, 3.63) is 57.2 Å². The summed E-state index contributed by atoms with van der Waals surface area (Å²) in [4.78, 5) is 34.9. The van der Waals surface area contributed by atoms with Gasteiger partial charge in [-0.3, -0.25) is 14.6 Å². The fourth-order valence-corrected chi connectivity index (χ4v) is 0.941. The van der Waals surface area contributed by atoms with Gasteiger partial charge in [0, 0.05) is 6.08 Å². The van der Waals surface area contributed by atoms with Crippen LogP contribution in [-0.4, -0.2) is 15.5 Å². The third kappa shape index (κ3) is 2.63. The predicted octanol–water partition coefficient (Wildman–Crippen LogP) is 0.448. The highest BCUT2D eigenvalue weighted by Crippen LogP contribution is 1.87. The summed E-state index contributed by atoms with van der Waals surface area (Å²) in [7, 11) is 0. The number of hydrogen-bond donors (Lipinski definition) is 1. The quantitative estimate of drug-likeness (QED) is 0.585. The summed E-state index contributed by atoms with van der Waals surface area (Å²) in [6, 6.07) is 0. The van der Waals surface area contributed by atoms with E-state index in [-0.39, 0.29) is 0 Å². The summed E-state index contributed by atoms with van der Waals surface area (Å²) in [5, 5.41) is 0. The van der Waals surface area contributed by atoms with Gasteiger partial charge in [-0.1, -0.05) is 18.2 Å². The molecule has 1 rings (SSSR count). The van der Waals surface area contributed by atoms with Crippen molar-refractivity contribution in [2.24, 2.45) is 0 Å². The van der Waals surface area contributed by atoms with E-state index in [1.165, 1.54) is 6.08 Å². The maximum Gasteiger partial charge on any atom is 0.335 e.